The van der Waals surface area contributed by atoms with Crippen molar-refractivity contribution in [1.82, 2.24) is 5.43 Å². The molecular weight excluding hydrogens is 252 g/mol. The molecule has 0 spiro atoms. The molecule has 1 unspecified atom stereocenters. The van der Waals surface area contributed by atoms with E-state index in [1.165, 1.54) is 64.2 Å². The van der Waals surface area contributed by atoms with E-state index in [4.69, 9.17) is 10.6 Å². The van der Waals surface area contributed by atoms with Crippen molar-refractivity contribution >= 4 is 5.91 Å². The maximum atomic E-state index is 11.1. The SMILES string of the molecule is CCCCCCCCCCCCCOC(C)C(=O)NN. The summed E-state index contributed by atoms with van der Waals surface area (Å²) in [6, 6.07) is 0. The summed E-state index contributed by atoms with van der Waals surface area (Å²) in [7, 11) is 0. The lowest BCUT2D eigenvalue weighted by Gasteiger charge is -2.10. The van der Waals surface area contributed by atoms with Crippen molar-refractivity contribution in [3.05, 3.63) is 0 Å². The molecule has 0 aliphatic rings. The first-order valence-corrected chi connectivity index (χ1v) is 8.34. The Kier molecular flexibility index (Phi) is 14.3. The van der Waals surface area contributed by atoms with E-state index >= 15 is 0 Å². The molecule has 0 aromatic carbocycles. The van der Waals surface area contributed by atoms with Crippen LogP contribution in [0.15, 0.2) is 0 Å². The highest BCUT2D eigenvalue weighted by atomic mass is 16.5. The second-order valence-corrected chi connectivity index (χ2v) is 5.56. The lowest BCUT2D eigenvalue weighted by molar-refractivity contribution is -0.131. The first-order chi connectivity index (χ1) is 9.72. The predicted octanol–water partition coefficient (Wildman–Crippen LogP) is 3.69. The number of ether oxygens (including phenoxy) is 1. The highest BCUT2D eigenvalue weighted by Gasteiger charge is 2.10. The third-order valence-corrected chi connectivity index (χ3v) is 3.63. The van der Waals surface area contributed by atoms with Gasteiger partial charge in [0.15, 0.2) is 0 Å². The van der Waals surface area contributed by atoms with Crippen LogP contribution in [0, 0.1) is 0 Å². The van der Waals surface area contributed by atoms with Gasteiger partial charge in [-0.25, -0.2) is 5.84 Å². The van der Waals surface area contributed by atoms with E-state index in [9.17, 15) is 4.79 Å². The van der Waals surface area contributed by atoms with E-state index in [2.05, 4.69) is 12.3 Å². The minimum absolute atomic E-state index is 0.256. The number of carbonyl (C=O) groups excluding carboxylic acids is 1. The van der Waals surface area contributed by atoms with Crippen molar-refractivity contribution in [2.75, 3.05) is 6.61 Å². The number of hydrogen-bond acceptors (Lipinski definition) is 3. The van der Waals surface area contributed by atoms with Crippen LogP contribution in [-0.2, 0) is 9.53 Å². The Morgan fingerprint density at radius 3 is 1.85 bits per heavy atom. The van der Waals surface area contributed by atoms with Crippen molar-refractivity contribution in [1.29, 1.82) is 0 Å². The number of rotatable bonds is 14. The fourth-order valence-corrected chi connectivity index (χ4v) is 2.22. The summed E-state index contributed by atoms with van der Waals surface area (Å²) in [6.07, 6.45) is 14.0. The number of nitrogens with two attached hydrogens (primary N) is 1. The summed E-state index contributed by atoms with van der Waals surface area (Å²) >= 11 is 0. The van der Waals surface area contributed by atoms with Crippen molar-refractivity contribution < 1.29 is 9.53 Å². The molecule has 120 valence electrons. The monoisotopic (exact) mass is 286 g/mol. The Hall–Kier alpha value is -0.610. The molecule has 3 N–H and O–H groups in total. The molecule has 1 atom stereocenters. The molecule has 1 amide bonds. The summed E-state index contributed by atoms with van der Waals surface area (Å²) in [5.74, 6) is 4.77. The van der Waals surface area contributed by atoms with Gasteiger partial charge in [-0.2, -0.15) is 0 Å². The lowest BCUT2D eigenvalue weighted by atomic mass is 10.1. The molecule has 0 heterocycles. The van der Waals surface area contributed by atoms with Crippen LogP contribution in [-0.4, -0.2) is 18.6 Å². The van der Waals surface area contributed by atoms with Crippen LogP contribution in [0.3, 0.4) is 0 Å². The molecule has 0 fully saturated rings. The van der Waals surface area contributed by atoms with E-state index in [0.717, 1.165) is 6.42 Å². The topological polar surface area (TPSA) is 64.3 Å². The number of nitrogens with one attached hydrogen (secondary N) is 1. The largest absolute Gasteiger partial charge is 0.369 e. The second-order valence-electron chi connectivity index (χ2n) is 5.56. The van der Waals surface area contributed by atoms with Crippen LogP contribution in [0.2, 0.25) is 0 Å². The average molecular weight is 286 g/mol. The highest BCUT2D eigenvalue weighted by molar-refractivity contribution is 5.79. The summed E-state index contributed by atoms with van der Waals surface area (Å²) in [4.78, 5) is 11.1. The summed E-state index contributed by atoms with van der Waals surface area (Å²) in [5.41, 5.74) is 2.09. The molecule has 0 radical (unpaired) electrons. The zero-order chi connectivity index (χ0) is 15.1. The average Bonchev–Trinajstić information content (AvgIpc) is 2.47. The Labute approximate surface area is 124 Å². The molecule has 4 heteroatoms. The standard InChI is InChI=1S/C16H34N2O2/c1-3-4-5-6-7-8-9-10-11-12-13-14-20-15(2)16(19)18-17/h15H,3-14,17H2,1-2H3,(H,18,19). The van der Waals surface area contributed by atoms with E-state index < -0.39 is 6.10 Å². The molecular formula is C16H34N2O2. The first kappa shape index (κ1) is 19.4. The smallest absolute Gasteiger partial charge is 0.262 e. The van der Waals surface area contributed by atoms with Crippen LogP contribution in [0.4, 0.5) is 0 Å². The zero-order valence-electron chi connectivity index (χ0n) is 13.5. The Bertz CT molecular complexity index is 223. The van der Waals surface area contributed by atoms with Gasteiger partial charge in [-0.15, -0.1) is 0 Å². The van der Waals surface area contributed by atoms with Gasteiger partial charge in [-0.1, -0.05) is 71.1 Å². The fourth-order valence-electron chi connectivity index (χ4n) is 2.22. The van der Waals surface area contributed by atoms with Gasteiger partial charge in [0.25, 0.3) is 5.91 Å². The molecule has 0 rings (SSSR count). The van der Waals surface area contributed by atoms with Gasteiger partial charge in [-0.05, 0) is 13.3 Å². The Balaban J connectivity index is 3.11. The molecule has 4 nitrogen and oxygen atoms in total. The minimum atomic E-state index is -0.442. The summed E-state index contributed by atoms with van der Waals surface area (Å²) < 4.78 is 5.39. The molecule has 20 heavy (non-hydrogen) atoms. The molecule has 0 aromatic heterocycles. The van der Waals surface area contributed by atoms with Gasteiger partial charge in [0, 0.05) is 6.61 Å². The van der Waals surface area contributed by atoms with Gasteiger partial charge in [0.1, 0.15) is 6.10 Å². The predicted molar refractivity (Wildman–Crippen MR) is 84.2 cm³/mol. The minimum Gasteiger partial charge on any atom is -0.369 e. The van der Waals surface area contributed by atoms with Gasteiger partial charge in [-0.3, -0.25) is 10.2 Å². The number of hydrogen-bond donors (Lipinski definition) is 2. The van der Waals surface area contributed by atoms with Crippen LogP contribution in [0.1, 0.15) is 84.5 Å². The second kappa shape index (κ2) is 14.8. The first-order valence-electron chi connectivity index (χ1n) is 8.34. The van der Waals surface area contributed by atoms with Gasteiger partial charge < -0.3 is 4.74 Å². The van der Waals surface area contributed by atoms with Gasteiger partial charge in [0.2, 0.25) is 0 Å². The Morgan fingerprint density at radius 2 is 1.40 bits per heavy atom. The van der Waals surface area contributed by atoms with Crippen molar-refractivity contribution in [2.45, 2.75) is 90.6 Å². The molecule has 0 aliphatic carbocycles. The van der Waals surface area contributed by atoms with E-state index in [1.807, 2.05) is 0 Å². The van der Waals surface area contributed by atoms with Crippen LogP contribution in [0.25, 0.3) is 0 Å². The molecule has 0 aliphatic heterocycles. The van der Waals surface area contributed by atoms with Gasteiger partial charge in [0.05, 0.1) is 0 Å². The lowest BCUT2D eigenvalue weighted by Crippen LogP contribution is -2.39. The number of amides is 1. The summed E-state index contributed by atoms with van der Waals surface area (Å²) in [6.45, 7) is 4.62. The number of unbranched alkanes of at least 4 members (excludes halogenated alkanes) is 10. The number of hydrazine groups is 1. The van der Waals surface area contributed by atoms with E-state index in [1.54, 1.807) is 6.92 Å². The quantitative estimate of drug-likeness (QED) is 0.221. The van der Waals surface area contributed by atoms with E-state index in [0.29, 0.717) is 6.61 Å². The third kappa shape index (κ3) is 12.4. The third-order valence-electron chi connectivity index (χ3n) is 3.63. The molecule has 0 saturated carbocycles. The fraction of sp³-hybridized carbons (Fsp3) is 0.938. The van der Waals surface area contributed by atoms with Crippen molar-refractivity contribution in [3.8, 4) is 0 Å². The maximum Gasteiger partial charge on any atom is 0.262 e. The van der Waals surface area contributed by atoms with E-state index in [-0.39, 0.29) is 5.91 Å². The van der Waals surface area contributed by atoms with Crippen molar-refractivity contribution in [3.63, 3.8) is 0 Å². The zero-order valence-corrected chi connectivity index (χ0v) is 13.5. The molecule has 0 aromatic rings. The van der Waals surface area contributed by atoms with Crippen molar-refractivity contribution in [2.24, 2.45) is 5.84 Å². The highest BCUT2D eigenvalue weighted by Crippen LogP contribution is 2.11. The molecule has 0 saturated heterocycles. The van der Waals surface area contributed by atoms with Crippen LogP contribution >= 0.6 is 0 Å². The normalized spacial score (nSPS) is 12.3. The maximum absolute atomic E-state index is 11.1. The van der Waals surface area contributed by atoms with Crippen LogP contribution < -0.4 is 11.3 Å². The van der Waals surface area contributed by atoms with Crippen LogP contribution in [0.5, 0.6) is 0 Å². The Morgan fingerprint density at radius 1 is 0.950 bits per heavy atom. The molecule has 0 bridgehead atoms. The van der Waals surface area contributed by atoms with Gasteiger partial charge >= 0.3 is 0 Å². The number of carbonyl (C=O) groups is 1. The summed E-state index contributed by atoms with van der Waals surface area (Å²) in [5, 5.41) is 0.